The van der Waals surface area contributed by atoms with E-state index in [0.717, 1.165) is 0 Å². The molecule has 0 radical (unpaired) electrons. The molecule has 1 aromatic rings. The highest BCUT2D eigenvalue weighted by atomic mass is 16.6. The van der Waals surface area contributed by atoms with Crippen LogP contribution in [0.2, 0.25) is 0 Å². The van der Waals surface area contributed by atoms with Crippen LogP contribution in [0.1, 0.15) is 44.5 Å². The molecular weight excluding hydrogens is 230 g/mol. The Morgan fingerprint density at radius 3 is 2.39 bits per heavy atom. The van der Waals surface area contributed by atoms with Gasteiger partial charge in [-0.2, -0.15) is 0 Å². The van der Waals surface area contributed by atoms with Crippen LogP contribution in [-0.4, -0.2) is 17.5 Å². The zero-order chi connectivity index (χ0) is 13.8. The molecule has 1 rings (SSSR count). The van der Waals surface area contributed by atoms with Gasteiger partial charge < -0.3 is 10.1 Å². The van der Waals surface area contributed by atoms with Gasteiger partial charge in [-0.05, 0) is 32.9 Å². The predicted octanol–water partition coefficient (Wildman–Crippen LogP) is 2.99. The minimum atomic E-state index is -0.557. The molecule has 0 atom stereocenters. The van der Waals surface area contributed by atoms with Gasteiger partial charge in [-0.1, -0.05) is 19.1 Å². The number of rotatable bonds is 3. The van der Waals surface area contributed by atoms with Crippen molar-refractivity contribution >= 4 is 17.6 Å². The summed E-state index contributed by atoms with van der Waals surface area (Å²) in [6.45, 7) is 7.17. The van der Waals surface area contributed by atoms with E-state index in [0.29, 0.717) is 17.7 Å². The quantitative estimate of drug-likeness (QED) is 0.838. The molecule has 0 saturated heterocycles. The van der Waals surface area contributed by atoms with E-state index in [1.54, 1.807) is 52.0 Å². The van der Waals surface area contributed by atoms with Crippen molar-refractivity contribution < 1.29 is 14.3 Å². The highest BCUT2D eigenvalue weighted by Gasteiger charge is 2.20. The molecule has 0 bridgehead atoms. The van der Waals surface area contributed by atoms with Crippen molar-refractivity contribution in [3.8, 4) is 0 Å². The van der Waals surface area contributed by atoms with Gasteiger partial charge in [0.15, 0.2) is 0 Å². The third kappa shape index (κ3) is 4.20. The molecule has 1 amide bonds. The molecule has 0 unspecified atom stereocenters. The van der Waals surface area contributed by atoms with E-state index in [2.05, 4.69) is 5.32 Å². The molecule has 1 N–H and O–H groups in total. The van der Waals surface area contributed by atoms with Crippen LogP contribution in [0, 0.1) is 0 Å². The molecule has 1 aromatic carbocycles. The number of ether oxygens (including phenoxy) is 1. The first-order chi connectivity index (χ1) is 8.33. The topological polar surface area (TPSA) is 55.4 Å². The van der Waals surface area contributed by atoms with E-state index in [1.165, 1.54) is 0 Å². The highest BCUT2D eigenvalue weighted by Crippen LogP contribution is 2.19. The Morgan fingerprint density at radius 1 is 1.22 bits per heavy atom. The molecule has 0 fully saturated rings. The van der Waals surface area contributed by atoms with Crippen molar-refractivity contribution in [1.29, 1.82) is 0 Å². The van der Waals surface area contributed by atoms with Gasteiger partial charge in [0.05, 0.1) is 11.3 Å². The molecule has 0 aliphatic carbocycles. The lowest BCUT2D eigenvalue weighted by atomic mass is 10.1. The molecule has 0 spiro atoms. The average Bonchev–Trinajstić information content (AvgIpc) is 2.27. The van der Waals surface area contributed by atoms with Crippen molar-refractivity contribution in [3.05, 3.63) is 29.8 Å². The fraction of sp³-hybridized carbons (Fsp3) is 0.429. The van der Waals surface area contributed by atoms with Crippen molar-refractivity contribution in [2.24, 2.45) is 0 Å². The van der Waals surface area contributed by atoms with Gasteiger partial charge in [0.1, 0.15) is 5.60 Å². The van der Waals surface area contributed by atoms with Crippen molar-refractivity contribution in [2.75, 3.05) is 5.32 Å². The lowest BCUT2D eigenvalue weighted by Crippen LogP contribution is -2.25. The average molecular weight is 249 g/mol. The summed E-state index contributed by atoms with van der Waals surface area (Å²) in [5.41, 5.74) is 0.298. The maximum atomic E-state index is 12.0. The molecule has 0 heterocycles. The van der Waals surface area contributed by atoms with Crippen LogP contribution in [0.25, 0.3) is 0 Å². The lowest BCUT2D eigenvalue weighted by molar-refractivity contribution is -0.115. The summed E-state index contributed by atoms with van der Waals surface area (Å²) in [6, 6.07) is 6.83. The van der Waals surface area contributed by atoms with E-state index < -0.39 is 11.6 Å². The Labute approximate surface area is 107 Å². The SMILES string of the molecule is CCC(=O)Nc1ccccc1C(=O)OC(C)(C)C. The number of carbonyl (C=O) groups is 2. The standard InChI is InChI=1S/C14H19NO3/c1-5-12(16)15-11-9-7-6-8-10(11)13(17)18-14(2,3)4/h6-9H,5H2,1-4H3,(H,15,16). The van der Waals surface area contributed by atoms with Gasteiger partial charge in [0, 0.05) is 6.42 Å². The second-order valence-corrected chi connectivity index (χ2v) is 4.95. The smallest absolute Gasteiger partial charge is 0.340 e. The molecule has 0 aliphatic heterocycles. The maximum Gasteiger partial charge on any atom is 0.340 e. The van der Waals surface area contributed by atoms with E-state index in [-0.39, 0.29) is 5.91 Å². The second-order valence-electron chi connectivity index (χ2n) is 4.95. The summed E-state index contributed by atoms with van der Waals surface area (Å²) in [6.07, 6.45) is 0.364. The van der Waals surface area contributed by atoms with Crippen molar-refractivity contribution in [3.63, 3.8) is 0 Å². The predicted molar refractivity (Wildman–Crippen MR) is 70.5 cm³/mol. The Hall–Kier alpha value is -1.84. The molecule has 0 saturated carbocycles. The molecule has 4 heteroatoms. The molecule has 18 heavy (non-hydrogen) atoms. The lowest BCUT2D eigenvalue weighted by Gasteiger charge is -2.20. The van der Waals surface area contributed by atoms with Gasteiger partial charge in [-0.15, -0.1) is 0 Å². The normalized spacial score (nSPS) is 10.9. The Morgan fingerprint density at radius 2 is 1.83 bits per heavy atom. The molecule has 4 nitrogen and oxygen atoms in total. The van der Waals surface area contributed by atoms with Crippen LogP contribution in [0.4, 0.5) is 5.69 Å². The molecule has 98 valence electrons. The largest absolute Gasteiger partial charge is 0.456 e. The van der Waals surface area contributed by atoms with E-state index in [1.807, 2.05) is 0 Å². The van der Waals surface area contributed by atoms with E-state index in [9.17, 15) is 9.59 Å². The number of nitrogens with one attached hydrogen (secondary N) is 1. The van der Waals surface area contributed by atoms with E-state index >= 15 is 0 Å². The van der Waals surface area contributed by atoms with Crippen LogP contribution in [0.5, 0.6) is 0 Å². The van der Waals surface area contributed by atoms with Crippen LogP contribution < -0.4 is 5.32 Å². The maximum absolute atomic E-state index is 12.0. The zero-order valence-corrected chi connectivity index (χ0v) is 11.2. The second kappa shape index (κ2) is 5.67. The third-order valence-corrected chi connectivity index (χ3v) is 2.14. The monoisotopic (exact) mass is 249 g/mol. The van der Waals surface area contributed by atoms with Crippen LogP contribution in [-0.2, 0) is 9.53 Å². The minimum absolute atomic E-state index is 0.133. The first kappa shape index (κ1) is 14.2. The van der Waals surface area contributed by atoms with E-state index in [4.69, 9.17) is 4.74 Å². The number of benzene rings is 1. The van der Waals surface area contributed by atoms with Gasteiger partial charge in [0.25, 0.3) is 0 Å². The summed E-state index contributed by atoms with van der Waals surface area (Å²) in [5.74, 6) is -0.569. The van der Waals surface area contributed by atoms with Crippen LogP contribution >= 0.6 is 0 Å². The van der Waals surface area contributed by atoms with Crippen molar-refractivity contribution in [1.82, 2.24) is 0 Å². The minimum Gasteiger partial charge on any atom is -0.456 e. The summed E-state index contributed by atoms with van der Waals surface area (Å²) in [4.78, 5) is 23.4. The number of esters is 1. The number of carbonyl (C=O) groups excluding carboxylic acids is 2. The first-order valence-corrected chi connectivity index (χ1v) is 5.95. The number of hydrogen-bond acceptors (Lipinski definition) is 3. The zero-order valence-electron chi connectivity index (χ0n) is 11.2. The number of anilines is 1. The summed E-state index contributed by atoms with van der Waals surface area (Å²) in [7, 11) is 0. The van der Waals surface area contributed by atoms with Crippen LogP contribution in [0.3, 0.4) is 0 Å². The Kier molecular flexibility index (Phi) is 4.48. The highest BCUT2D eigenvalue weighted by molar-refractivity contribution is 6.01. The summed E-state index contributed by atoms with van der Waals surface area (Å²) < 4.78 is 5.29. The fourth-order valence-corrected chi connectivity index (χ4v) is 1.34. The first-order valence-electron chi connectivity index (χ1n) is 5.95. The number of amides is 1. The molecule has 0 aliphatic rings. The summed E-state index contributed by atoms with van der Waals surface area (Å²) >= 11 is 0. The molecule has 0 aromatic heterocycles. The van der Waals surface area contributed by atoms with Gasteiger partial charge in [-0.3, -0.25) is 4.79 Å². The van der Waals surface area contributed by atoms with Gasteiger partial charge in [-0.25, -0.2) is 4.79 Å². The molecular formula is C14H19NO3. The Bertz CT molecular complexity index is 447. The van der Waals surface area contributed by atoms with Crippen LogP contribution in [0.15, 0.2) is 24.3 Å². The Balaban J connectivity index is 2.94. The number of para-hydroxylation sites is 1. The van der Waals surface area contributed by atoms with Gasteiger partial charge in [0.2, 0.25) is 5.91 Å². The summed E-state index contributed by atoms with van der Waals surface area (Å²) in [5, 5.41) is 2.69. The third-order valence-electron chi connectivity index (χ3n) is 2.14. The number of hydrogen-bond donors (Lipinski definition) is 1. The van der Waals surface area contributed by atoms with Gasteiger partial charge >= 0.3 is 5.97 Å². The fourth-order valence-electron chi connectivity index (χ4n) is 1.34. The van der Waals surface area contributed by atoms with Crippen molar-refractivity contribution in [2.45, 2.75) is 39.7 Å².